The first-order valence-corrected chi connectivity index (χ1v) is 4.62. The Morgan fingerprint density at radius 1 is 1.62 bits per heavy atom. The Kier molecular flexibility index (Phi) is 3.76. The molecule has 0 spiro atoms. The smallest absolute Gasteiger partial charge is 0.340 e. The molecule has 1 aromatic heterocycles. The highest BCUT2D eigenvalue weighted by atomic mass is 19.3. The molecule has 0 aliphatic carbocycles. The van der Waals surface area contributed by atoms with Crippen molar-refractivity contribution in [3.63, 3.8) is 0 Å². The zero-order valence-corrected chi connectivity index (χ0v) is 8.83. The van der Waals surface area contributed by atoms with Crippen LogP contribution in [0.3, 0.4) is 0 Å². The minimum atomic E-state index is -2.96. The molecule has 0 unspecified atom stereocenters. The van der Waals surface area contributed by atoms with E-state index < -0.39 is 23.7 Å². The van der Waals surface area contributed by atoms with Crippen molar-refractivity contribution >= 4 is 5.97 Å². The number of rotatable bonds is 3. The fourth-order valence-electron chi connectivity index (χ4n) is 1.30. The van der Waals surface area contributed by atoms with E-state index in [1.54, 1.807) is 6.92 Å². The van der Waals surface area contributed by atoms with E-state index >= 15 is 0 Å². The van der Waals surface area contributed by atoms with E-state index in [4.69, 9.17) is 0 Å². The molecule has 0 atom stereocenters. The largest absolute Gasteiger partial charge is 0.506 e. The van der Waals surface area contributed by atoms with Crippen molar-refractivity contribution in [1.82, 2.24) is 4.98 Å². The van der Waals surface area contributed by atoms with Gasteiger partial charge in [-0.2, -0.15) is 0 Å². The van der Waals surface area contributed by atoms with Crippen molar-refractivity contribution in [3.05, 3.63) is 23.0 Å². The third-order valence-electron chi connectivity index (χ3n) is 1.99. The molecule has 0 fully saturated rings. The lowest BCUT2D eigenvalue weighted by molar-refractivity contribution is 0.0512. The van der Waals surface area contributed by atoms with Gasteiger partial charge in [-0.1, -0.05) is 0 Å². The molecule has 0 amide bonds. The maximum absolute atomic E-state index is 12.7. The summed E-state index contributed by atoms with van der Waals surface area (Å²) in [6, 6.07) is 0. The molecule has 88 valence electrons. The van der Waals surface area contributed by atoms with Crippen molar-refractivity contribution in [3.8, 4) is 5.75 Å². The topological polar surface area (TPSA) is 59.4 Å². The fraction of sp³-hybridized carbons (Fsp3) is 0.400. The number of ether oxygens (including phenoxy) is 1. The Balaban J connectivity index is 3.34. The molecule has 0 saturated carbocycles. The molecule has 1 rings (SSSR count). The minimum absolute atomic E-state index is 0.0661. The molecule has 1 aromatic rings. The van der Waals surface area contributed by atoms with Gasteiger partial charge in [0.25, 0.3) is 6.43 Å². The van der Waals surface area contributed by atoms with Crippen LogP contribution < -0.4 is 0 Å². The van der Waals surface area contributed by atoms with Gasteiger partial charge in [-0.15, -0.1) is 0 Å². The Morgan fingerprint density at radius 3 is 2.75 bits per heavy atom. The molecular formula is C10H11F2NO3. The molecular weight excluding hydrogens is 220 g/mol. The Morgan fingerprint density at radius 2 is 2.25 bits per heavy atom. The number of alkyl halides is 2. The van der Waals surface area contributed by atoms with Crippen LogP contribution in [-0.4, -0.2) is 22.7 Å². The predicted octanol–water partition coefficient (Wildman–Crippen LogP) is 2.21. The number of halogens is 2. The zero-order valence-electron chi connectivity index (χ0n) is 8.83. The van der Waals surface area contributed by atoms with Crippen molar-refractivity contribution in [2.75, 3.05) is 6.61 Å². The monoisotopic (exact) mass is 231 g/mol. The Hall–Kier alpha value is -1.72. The lowest BCUT2D eigenvalue weighted by atomic mass is 10.1. The van der Waals surface area contributed by atoms with Crippen molar-refractivity contribution in [1.29, 1.82) is 0 Å². The van der Waals surface area contributed by atoms with Gasteiger partial charge in [0.1, 0.15) is 5.75 Å². The first-order chi connectivity index (χ1) is 7.49. The molecule has 0 aliphatic rings. The summed E-state index contributed by atoms with van der Waals surface area (Å²) in [6.45, 7) is 3.03. The molecule has 1 heterocycles. The van der Waals surface area contributed by atoms with Crippen LogP contribution in [0.1, 0.15) is 35.0 Å². The number of carbonyl (C=O) groups excluding carboxylic acids is 1. The second-order valence-corrected chi connectivity index (χ2v) is 3.04. The van der Waals surface area contributed by atoms with Gasteiger partial charge in [0.2, 0.25) is 0 Å². The second kappa shape index (κ2) is 4.87. The number of nitrogens with zero attached hydrogens (tertiary/aromatic N) is 1. The number of carbonyl (C=O) groups is 1. The van der Waals surface area contributed by atoms with Crippen molar-refractivity contribution in [2.45, 2.75) is 20.3 Å². The van der Waals surface area contributed by atoms with Gasteiger partial charge in [0, 0.05) is 0 Å². The average Bonchev–Trinajstić information content (AvgIpc) is 2.20. The van der Waals surface area contributed by atoms with Crippen molar-refractivity contribution in [2.24, 2.45) is 0 Å². The van der Waals surface area contributed by atoms with Gasteiger partial charge in [-0.25, -0.2) is 13.6 Å². The summed E-state index contributed by atoms with van der Waals surface area (Å²) in [5.74, 6) is -1.61. The first-order valence-electron chi connectivity index (χ1n) is 4.62. The standard InChI is InChI=1S/C10H11F2NO3/c1-3-16-10(15)7-5(2)13-4-6(14)8(7)9(11)12/h4,9,14H,3H2,1-2H3. The highest BCUT2D eigenvalue weighted by Gasteiger charge is 2.26. The van der Waals surface area contributed by atoms with E-state index in [0.717, 1.165) is 6.20 Å². The van der Waals surface area contributed by atoms with E-state index in [9.17, 15) is 18.7 Å². The van der Waals surface area contributed by atoms with Crippen LogP contribution in [0.25, 0.3) is 0 Å². The molecule has 16 heavy (non-hydrogen) atoms. The maximum Gasteiger partial charge on any atom is 0.340 e. The van der Waals surface area contributed by atoms with E-state index in [1.165, 1.54) is 6.92 Å². The van der Waals surface area contributed by atoms with Crippen LogP contribution in [-0.2, 0) is 4.74 Å². The van der Waals surface area contributed by atoms with E-state index in [2.05, 4.69) is 9.72 Å². The third-order valence-corrected chi connectivity index (χ3v) is 1.99. The summed E-state index contributed by atoms with van der Waals surface area (Å²) in [4.78, 5) is 15.1. The minimum Gasteiger partial charge on any atom is -0.506 e. The van der Waals surface area contributed by atoms with E-state index in [1.807, 2.05) is 0 Å². The van der Waals surface area contributed by atoms with Crippen LogP contribution in [0.2, 0.25) is 0 Å². The first kappa shape index (κ1) is 12.4. The Bertz CT molecular complexity index is 407. The van der Waals surface area contributed by atoms with Gasteiger partial charge in [-0.3, -0.25) is 4.98 Å². The molecule has 6 heteroatoms. The van der Waals surface area contributed by atoms with Gasteiger partial charge >= 0.3 is 5.97 Å². The van der Waals surface area contributed by atoms with Gasteiger partial charge in [0.05, 0.1) is 29.6 Å². The number of aromatic hydroxyl groups is 1. The summed E-state index contributed by atoms with van der Waals surface area (Å²) in [6.07, 6.45) is -2.07. The van der Waals surface area contributed by atoms with Crippen LogP contribution >= 0.6 is 0 Å². The molecule has 0 bridgehead atoms. The summed E-state index contributed by atoms with van der Waals surface area (Å²) >= 11 is 0. The third kappa shape index (κ3) is 2.26. The van der Waals surface area contributed by atoms with Crippen molar-refractivity contribution < 1.29 is 23.4 Å². The molecule has 0 aliphatic heterocycles. The molecule has 0 saturated heterocycles. The highest BCUT2D eigenvalue weighted by Crippen LogP contribution is 2.32. The number of hydrogen-bond acceptors (Lipinski definition) is 4. The average molecular weight is 231 g/mol. The van der Waals surface area contributed by atoms with Crippen LogP contribution in [0.4, 0.5) is 8.78 Å². The van der Waals surface area contributed by atoms with Crippen LogP contribution in [0.15, 0.2) is 6.20 Å². The fourth-order valence-corrected chi connectivity index (χ4v) is 1.30. The number of hydrogen-bond donors (Lipinski definition) is 1. The number of aromatic nitrogens is 1. The molecule has 0 radical (unpaired) electrons. The second-order valence-electron chi connectivity index (χ2n) is 3.04. The van der Waals surface area contributed by atoms with Gasteiger partial charge in [0.15, 0.2) is 0 Å². The summed E-state index contributed by atoms with van der Waals surface area (Å²) < 4.78 is 30.0. The van der Waals surface area contributed by atoms with Crippen LogP contribution in [0, 0.1) is 6.92 Å². The number of esters is 1. The molecule has 1 N–H and O–H groups in total. The summed E-state index contributed by atoms with van der Waals surface area (Å²) in [7, 11) is 0. The normalized spacial score (nSPS) is 10.6. The SMILES string of the molecule is CCOC(=O)c1c(C)ncc(O)c1C(F)F. The lowest BCUT2D eigenvalue weighted by Crippen LogP contribution is -2.12. The molecule has 0 aromatic carbocycles. The molecule has 4 nitrogen and oxygen atoms in total. The van der Waals surface area contributed by atoms with Gasteiger partial charge in [-0.05, 0) is 13.8 Å². The summed E-state index contributed by atoms with van der Waals surface area (Å²) in [5.41, 5.74) is -0.991. The van der Waals surface area contributed by atoms with E-state index in [0.29, 0.717) is 0 Å². The van der Waals surface area contributed by atoms with Gasteiger partial charge < -0.3 is 9.84 Å². The zero-order chi connectivity index (χ0) is 12.3. The van der Waals surface area contributed by atoms with Crippen LogP contribution in [0.5, 0.6) is 5.75 Å². The quantitative estimate of drug-likeness (QED) is 0.810. The summed E-state index contributed by atoms with van der Waals surface area (Å²) in [5, 5.41) is 9.25. The number of aryl methyl sites for hydroxylation is 1. The van der Waals surface area contributed by atoms with E-state index in [-0.39, 0.29) is 17.9 Å². The maximum atomic E-state index is 12.7. The predicted molar refractivity (Wildman–Crippen MR) is 51.6 cm³/mol. The highest BCUT2D eigenvalue weighted by molar-refractivity contribution is 5.93. The number of pyridine rings is 1. The lowest BCUT2D eigenvalue weighted by Gasteiger charge is -2.11. The Labute approximate surface area is 90.9 Å².